The van der Waals surface area contributed by atoms with Gasteiger partial charge in [-0.1, -0.05) is 55.5 Å². The molecular formula is C22H21F3N2O5. The number of nitrogens with one attached hydrogen (secondary N) is 2. The molecule has 2 aromatic rings. The van der Waals surface area contributed by atoms with Gasteiger partial charge in [0.05, 0.1) is 0 Å². The molecule has 2 amide bonds. The van der Waals surface area contributed by atoms with E-state index in [-0.39, 0.29) is 18.9 Å². The molecule has 2 atom stereocenters. The van der Waals surface area contributed by atoms with E-state index < -0.39 is 36.2 Å². The number of aliphatic carboxylic acids is 1. The van der Waals surface area contributed by atoms with Crippen molar-refractivity contribution in [3.05, 3.63) is 59.7 Å². The summed E-state index contributed by atoms with van der Waals surface area (Å²) in [6.45, 7) is 1.41. The minimum atomic E-state index is -5.18. The summed E-state index contributed by atoms with van der Waals surface area (Å²) in [6.07, 6.45) is -6.24. The lowest BCUT2D eigenvalue weighted by molar-refractivity contribution is -0.182. The van der Waals surface area contributed by atoms with E-state index in [9.17, 15) is 27.6 Å². The van der Waals surface area contributed by atoms with Crippen LogP contribution in [-0.2, 0) is 14.3 Å². The number of ether oxygens (including phenoxy) is 1. The first-order valence-corrected chi connectivity index (χ1v) is 9.84. The number of benzene rings is 2. The topological polar surface area (TPSA) is 105 Å². The highest BCUT2D eigenvalue weighted by atomic mass is 19.4. The second-order valence-electron chi connectivity index (χ2n) is 7.25. The van der Waals surface area contributed by atoms with Gasteiger partial charge in [0.2, 0.25) is 11.9 Å². The normalized spacial score (nSPS) is 14.6. The van der Waals surface area contributed by atoms with E-state index in [4.69, 9.17) is 9.84 Å². The van der Waals surface area contributed by atoms with Gasteiger partial charge in [0.15, 0.2) is 0 Å². The number of hydrogen-bond acceptors (Lipinski definition) is 4. The Bertz CT molecular complexity index is 979. The Morgan fingerprint density at radius 1 is 1.00 bits per heavy atom. The number of carbonyl (C=O) groups is 3. The predicted molar refractivity (Wildman–Crippen MR) is 108 cm³/mol. The molecule has 3 N–H and O–H groups in total. The zero-order valence-electron chi connectivity index (χ0n) is 17.0. The Balaban J connectivity index is 1.64. The molecule has 0 bridgehead atoms. The van der Waals surface area contributed by atoms with Gasteiger partial charge in [-0.25, -0.2) is 9.59 Å². The second kappa shape index (κ2) is 9.29. The fraction of sp³-hybridized carbons (Fsp3) is 0.318. The second-order valence-corrected chi connectivity index (χ2v) is 7.25. The number of alkyl carbamates (subject to hydrolysis) is 1. The van der Waals surface area contributed by atoms with Crippen LogP contribution in [0.4, 0.5) is 18.0 Å². The predicted octanol–water partition coefficient (Wildman–Crippen LogP) is 3.44. The van der Waals surface area contributed by atoms with Crippen LogP contribution in [0.1, 0.15) is 30.4 Å². The largest absolute Gasteiger partial charge is 0.479 e. The first kappa shape index (κ1) is 23.1. The Labute approximate surface area is 181 Å². The van der Waals surface area contributed by atoms with Crippen LogP contribution in [0.5, 0.6) is 0 Å². The molecule has 0 spiro atoms. The van der Waals surface area contributed by atoms with Gasteiger partial charge in [-0.3, -0.25) is 4.79 Å². The van der Waals surface area contributed by atoms with Crippen molar-refractivity contribution in [2.24, 2.45) is 0 Å². The molecule has 0 fully saturated rings. The number of alkyl halides is 3. The molecule has 3 rings (SSSR count). The molecule has 10 heteroatoms. The van der Waals surface area contributed by atoms with E-state index in [1.54, 1.807) is 0 Å². The van der Waals surface area contributed by atoms with E-state index >= 15 is 0 Å². The number of halogens is 3. The van der Waals surface area contributed by atoms with E-state index in [2.05, 4.69) is 5.32 Å². The SMILES string of the molecule is CC[C@H](NC(=O)OCC1c2ccccc2-c2ccccc21)C(=O)NC(C(=O)O)C(F)(F)F. The van der Waals surface area contributed by atoms with Crippen LogP contribution in [0, 0.1) is 0 Å². The molecule has 0 saturated heterocycles. The van der Waals surface area contributed by atoms with Gasteiger partial charge in [-0.05, 0) is 28.7 Å². The highest BCUT2D eigenvalue weighted by molar-refractivity contribution is 5.89. The van der Waals surface area contributed by atoms with Crippen LogP contribution in [0.2, 0.25) is 0 Å². The Morgan fingerprint density at radius 2 is 1.53 bits per heavy atom. The fourth-order valence-corrected chi connectivity index (χ4v) is 3.66. The summed E-state index contributed by atoms with van der Waals surface area (Å²) in [7, 11) is 0. The first-order chi connectivity index (χ1) is 15.1. The summed E-state index contributed by atoms with van der Waals surface area (Å²) >= 11 is 0. The molecule has 1 unspecified atom stereocenters. The number of carbonyl (C=O) groups excluding carboxylic acids is 2. The summed E-state index contributed by atoms with van der Waals surface area (Å²) in [5.74, 6) is -3.75. The van der Waals surface area contributed by atoms with Gasteiger partial charge in [-0.15, -0.1) is 0 Å². The van der Waals surface area contributed by atoms with Crippen LogP contribution in [0.15, 0.2) is 48.5 Å². The van der Waals surface area contributed by atoms with E-state index in [1.165, 1.54) is 12.2 Å². The maximum absolute atomic E-state index is 12.8. The van der Waals surface area contributed by atoms with Crippen molar-refractivity contribution in [3.63, 3.8) is 0 Å². The van der Waals surface area contributed by atoms with E-state index in [1.807, 2.05) is 48.5 Å². The quantitative estimate of drug-likeness (QED) is 0.600. The van der Waals surface area contributed by atoms with Crippen molar-refractivity contribution < 1.29 is 37.4 Å². The summed E-state index contributed by atoms with van der Waals surface area (Å²) in [4.78, 5) is 35.2. The first-order valence-electron chi connectivity index (χ1n) is 9.84. The van der Waals surface area contributed by atoms with Gasteiger partial charge >= 0.3 is 18.2 Å². The Hall–Kier alpha value is -3.56. The molecule has 32 heavy (non-hydrogen) atoms. The lowest BCUT2D eigenvalue weighted by atomic mass is 9.98. The van der Waals surface area contributed by atoms with Crippen LogP contribution in [0.3, 0.4) is 0 Å². The van der Waals surface area contributed by atoms with Crippen LogP contribution in [-0.4, -0.2) is 47.9 Å². The highest BCUT2D eigenvalue weighted by Crippen LogP contribution is 2.44. The van der Waals surface area contributed by atoms with Crippen molar-refractivity contribution >= 4 is 18.0 Å². The minimum Gasteiger partial charge on any atom is -0.479 e. The van der Waals surface area contributed by atoms with Crippen molar-refractivity contribution in [2.75, 3.05) is 6.61 Å². The zero-order chi connectivity index (χ0) is 23.5. The summed E-state index contributed by atoms with van der Waals surface area (Å²) in [6, 6.07) is 10.9. The average Bonchev–Trinajstić information content (AvgIpc) is 3.07. The molecule has 2 aromatic carbocycles. The van der Waals surface area contributed by atoms with Crippen molar-refractivity contribution in [2.45, 2.75) is 37.5 Å². The van der Waals surface area contributed by atoms with Gasteiger partial charge < -0.3 is 20.5 Å². The lowest BCUT2D eigenvalue weighted by Gasteiger charge is -2.22. The fourth-order valence-electron chi connectivity index (χ4n) is 3.66. The van der Waals surface area contributed by atoms with Crippen LogP contribution in [0.25, 0.3) is 11.1 Å². The molecule has 0 radical (unpaired) electrons. The smallest absolute Gasteiger partial charge is 0.419 e. The van der Waals surface area contributed by atoms with E-state index in [0.29, 0.717) is 0 Å². The van der Waals surface area contributed by atoms with E-state index in [0.717, 1.165) is 22.3 Å². The zero-order valence-corrected chi connectivity index (χ0v) is 17.0. The number of amides is 2. The Kier molecular flexibility index (Phi) is 6.71. The molecule has 0 aromatic heterocycles. The van der Waals surface area contributed by atoms with Crippen LogP contribution < -0.4 is 10.6 Å². The van der Waals surface area contributed by atoms with Gasteiger partial charge in [0, 0.05) is 5.92 Å². The lowest BCUT2D eigenvalue weighted by Crippen LogP contribution is -2.56. The third kappa shape index (κ3) is 4.84. The third-order valence-electron chi connectivity index (χ3n) is 5.22. The monoisotopic (exact) mass is 450 g/mol. The third-order valence-corrected chi connectivity index (χ3v) is 5.22. The van der Waals surface area contributed by atoms with Crippen LogP contribution >= 0.6 is 0 Å². The average molecular weight is 450 g/mol. The molecule has 7 nitrogen and oxygen atoms in total. The molecule has 1 aliphatic carbocycles. The summed E-state index contributed by atoms with van der Waals surface area (Å²) < 4.78 is 43.6. The van der Waals surface area contributed by atoms with Gasteiger partial charge in [-0.2, -0.15) is 13.2 Å². The molecule has 1 aliphatic rings. The maximum Gasteiger partial charge on any atom is 0.419 e. The number of carboxylic acid groups (broad SMARTS) is 1. The molecular weight excluding hydrogens is 429 g/mol. The summed E-state index contributed by atoms with van der Waals surface area (Å²) in [5, 5.41) is 12.3. The van der Waals surface area contributed by atoms with Gasteiger partial charge in [0.1, 0.15) is 12.6 Å². The summed E-state index contributed by atoms with van der Waals surface area (Å²) in [5.41, 5.74) is 3.99. The number of carboxylic acids is 1. The molecule has 170 valence electrons. The van der Waals surface area contributed by atoms with Crippen molar-refractivity contribution in [1.82, 2.24) is 10.6 Å². The van der Waals surface area contributed by atoms with Crippen molar-refractivity contribution in [3.8, 4) is 11.1 Å². The molecule has 0 heterocycles. The number of hydrogen-bond donors (Lipinski definition) is 3. The van der Waals surface area contributed by atoms with Gasteiger partial charge in [0.25, 0.3) is 0 Å². The van der Waals surface area contributed by atoms with Crippen molar-refractivity contribution in [1.29, 1.82) is 0 Å². The Morgan fingerprint density at radius 3 is 2.00 bits per heavy atom. The highest BCUT2D eigenvalue weighted by Gasteiger charge is 2.47. The maximum atomic E-state index is 12.8. The number of rotatable bonds is 7. The molecule has 0 aliphatic heterocycles. The minimum absolute atomic E-state index is 0.0434. The standard InChI is InChI=1S/C22H21F3N2O5/c1-2-17(19(28)27-18(20(29)30)22(23,24)25)26-21(31)32-11-16-14-9-5-3-7-12(14)13-8-4-6-10-15(13)16/h3-10,16-18H,2,11H2,1H3,(H,26,31)(H,27,28)(H,29,30)/t17-,18?/m0/s1. The molecule has 0 saturated carbocycles. The number of fused-ring (bicyclic) bond motifs is 3.